The number of hydrogen-bond acceptors (Lipinski definition) is 4. The van der Waals surface area contributed by atoms with Crippen LogP contribution in [-0.2, 0) is 36.7 Å². The van der Waals surface area contributed by atoms with Gasteiger partial charge in [-0.2, -0.15) is 0 Å². The molecule has 0 bridgehead atoms. The van der Waals surface area contributed by atoms with Crippen LogP contribution in [0, 0.1) is 23.8 Å². The fraction of sp³-hybridized carbons (Fsp3) is 0.447. The van der Waals surface area contributed by atoms with Gasteiger partial charge in [-0.3, -0.25) is 9.78 Å². The van der Waals surface area contributed by atoms with E-state index in [2.05, 4.69) is 81.2 Å². The normalized spacial score (nSPS) is 13.6. The van der Waals surface area contributed by atoms with E-state index in [1.165, 1.54) is 38.9 Å². The van der Waals surface area contributed by atoms with E-state index in [4.69, 9.17) is 4.98 Å². The molecular weight excluding hydrogens is 709 g/mol. The molecule has 1 heterocycles. The van der Waals surface area contributed by atoms with Crippen LogP contribution in [-0.4, -0.2) is 20.9 Å². The molecular formula is C38H47IrN2O2-. The predicted octanol–water partition coefficient (Wildman–Crippen LogP) is 9.96. The molecule has 0 spiro atoms. The van der Waals surface area contributed by atoms with Gasteiger partial charge in [0.1, 0.15) is 6.33 Å². The number of hydrogen-bond donors (Lipinski definition) is 1. The summed E-state index contributed by atoms with van der Waals surface area (Å²) >= 11 is 0. The number of ketones is 1. The minimum absolute atomic E-state index is 0. The zero-order valence-corrected chi connectivity index (χ0v) is 29.4. The van der Waals surface area contributed by atoms with Crippen LogP contribution in [0.5, 0.6) is 0 Å². The van der Waals surface area contributed by atoms with Crippen molar-refractivity contribution in [3.8, 4) is 11.3 Å². The molecule has 1 aliphatic rings. The number of aliphatic hydroxyl groups is 1. The number of allylic oxidation sites excluding steroid dienone is 2. The van der Waals surface area contributed by atoms with E-state index in [9.17, 15) is 9.90 Å². The fourth-order valence-corrected chi connectivity index (χ4v) is 6.48. The molecule has 4 nitrogen and oxygen atoms in total. The summed E-state index contributed by atoms with van der Waals surface area (Å²) in [5.74, 6) is 1.16. The molecule has 1 radical (unpaired) electrons. The maximum atomic E-state index is 11.7. The summed E-state index contributed by atoms with van der Waals surface area (Å²) in [5, 5.41) is 13.5. The molecule has 0 fully saturated rings. The SMILES string of the molecule is CC(C)Cc1cc2c3c(ncnc3c1)-c1[c-]cc3ccccc3c1C2(C)C.CCC(CC)C(=O)/C=C(\O)C(CC)CC.[Ir]. The molecule has 0 saturated heterocycles. The van der Waals surface area contributed by atoms with E-state index < -0.39 is 0 Å². The molecule has 0 aliphatic heterocycles. The van der Waals surface area contributed by atoms with Gasteiger partial charge >= 0.3 is 0 Å². The summed E-state index contributed by atoms with van der Waals surface area (Å²) in [7, 11) is 0. The minimum Gasteiger partial charge on any atom is -0.512 e. The maximum absolute atomic E-state index is 11.7. The van der Waals surface area contributed by atoms with Gasteiger partial charge in [0.2, 0.25) is 0 Å². The Balaban J connectivity index is 0.000000274. The van der Waals surface area contributed by atoms with Crippen molar-refractivity contribution >= 4 is 27.5 Å². The standard InChI is InChI=1S/C25H23N2.C13H24O2.Ir/c1-15(2)11-16-12-20-22-21(13-16)26-14-27-24(22)19-10-9-17-7-5-6-8-18(17)23(19)25(20,3)4;1-5-10(6-2)12(14)9-13(15)11(7-3)8-4;/h5-9,12-15H,11H2,1-4H3;9-11,14H,5-8H2,1-4H3;/q-1;;/b;12-9-;. The zero-order chi connectivity index (χ0) is 30.6. The van der Waals surface area contributed by atoms with Crippen molar-refractivity contribution in [3.05, 3.63) is 83.4 Å². The summed E-state index contributed by atoms with van der Waals surface area (Å²) in [6.45, 7) is 17.3. The van der Waals surface area contributed by atoms with Crippen LogP contribution in [0.1, 0.15) is 97.8 Å². The third kappa shape index (κ3) is 7.10. The Kier molecular flexibility index (Phi) is 11.9. The van der Waals surface area contributed by atoms with E-state index >= 15 is 0 Å². The molecule has 0 unspecified atom stereocenters. The molecule has 43 heavy (non-hydrogen) atoms. The molecule has 4 aromatic rings. The van der Waals surface area contributed by atoms with Gasteiger partial charge in [0.05, 0.1) is 11.3 Å². The van der Waals surface area contributed by atoms with E-state index in [0.29, 0.717) is 5.92 Å². The molecule has 3 aromatic carbocycles. The Hall–Kier alpha value is -2.88. The molecule has 5 rings (SSSR count). The van der Waals surface area contributed by atoms with Crippen LogP contribution >= 0.6 is 0 Å². The fourth-order valence-electron chi connectivity index (χ4n) is 6.48. The number of fused-ring (bicyclic) bond motifs is 4. The Morgan fingerprint density at radius 2 is 1.63 bits per heavy atom. The first kappa shape index (κ1) is 34.6. The summed E-state index contributed by atoms with van der Waals surface area (Å²) in [5.41, 5.74) is 7.08. The first-order valence-corrected chi connectivity index (χ1v) is 15.7. The van der Waals surface area contributed by atoms with Crippen molar-refractivity contribution in [2.24, 2.45) is 17.8 Å². The Bertz CT molecular complexity index is 1600. The third-order valence-electron chi connectivity index (χ3n) is 8.91. The van der Waals surface area contributed by atoms with Crippen molar-refractivity contribution < 1.29 is 30.0 Å². The van der Waals surface area contributed by atoms with Gasteiger partial charge in [0.15, 0.2) is 5.78 Å². The number of nitrogens with zero attached hydrogens (tertiary/aromatic N) is 2. The van der Waals surface area contributed by atoms with Gasteiger partial charge in [-0.15, -0.1) is 23.3 Å². The second-order valence-electron chi connectivity index (χ2n) is 12.6. The van der Waals surface area contributed by atoms with Crippen LogP contribution in [0.15, 0.2) is 60.6 Å². The zero-order valence-electron chi connectivity index (χ0n) is 27.0. The Morgan fingerprint density at radius 1 is 0.977 bits per heavy atom. The Labute approximate surface area is 271 Å². The summed E-state index contributed by atoms with van der Waals surface area (Å²) in [6, 6.07) is 18.9. The molecule has 5 heteroatoms. The summed E-state index contributed by atoms with van der Waals surface area (Å²) in [4.78, 5) is 21.0. The first-order valence-electron chi connectivity index (χ1n) is 15.7. The maximum Gasteiger partial charge on any atom is 0.162 e. The molecule has 231 valence electrons. The number of rotatable bonds is 9. The van der Waals surface area contributed by atoms with E-state index in [1.54, 1.807) is 6.33 Å². The number of benzene rings is 3. The van der Waals surface area contributed by atoms with Crippen LogP contribution in [0.4, 0.5) is 0 Å². The largest absolute Gasteiger partial charge is 0.512 e. The van der Waals surface area contributed by atoms with Crippen molar-refractivity contribution in [2.75, 3.05) is 0 Å². The molecule has 0 atom stereocenters. The van der Waals surface area contributed by atoms with E-state index in [0.717, 1.165) is 48.9 Å². The summed E-state index contributed by atoms with van der Waals surface area (Å²) in [6.07, 6.45) is 7.67. The van der Waals surface area contributed by atoms with Crippen LogP contribution in [0.25, 0.3) is 32.9 Å². The smallest absolute Gasteiger partial charge is 0.162 e. The second kappa shape index (κ2) is 14.7. The minimum atomic E-state index is -0.129. The number of carbonyl (C=O) groups excluding carboxylic acids is 1. The van der Waals surface area contributed by atoms with Crippen molar-refractivity contribution in [3.63, 3.8) is 0 Å². The number of aromatic nitrogens is 2. The molecule has 1 N–H and O–H groups in total. The number of aliphatic hydroxyl groups excluding tert-OH is 1. The van der Waals surface area contributed by atoms with Gasteiger partial charge in [-0.1, -0.05) is 96.5 Å². The molecule has 0 saturated carbocycles. The molecule has 1 aliphatic carbocycles. The molecule has 1 aromatic heterocycles. The average molecular weight is 756 g/mol. The van der Waals surface area contributed by atoms with Gasteiger partial charge < -0.3 is 5.11 Å². The monoisotopic (exact) mass is 756 g/mol. The number of carbonyl (C=O) groups is 1. The Morgan fingerprint density at radius 3 is 2.26 bits per heavy atom. The van der Waals surface area contributed by atoms with Gasteiger partial charge in [0, 0.05) is 38.0 Å². The molecule has 0 amide bonds. The quantitative estimate of drug-likeness (QED) is 0.105. The van der Waals surface area contributed by atoms with Gasteiger partial charge in [-0.05, 0) is 71.7 Å². The first-order chi connectivity index (χ1) is 20.1. The van der Waals surface area contributed by atoms with Crippen molar-refractivity contribution in [1.29, 1.82) is 0 Å². The van der Waals surface area contributed by atoms with Crippen LogP contribution in [0.3, 0.4) is 0 Å². The van der Waals surface area contributed by atoms with Crippen molar-refractivity contribution in [1.82, 2.24) is 9.97 Å². The van der Waals surface area contributed by atoms with Crippen LogP contribution in [0.2, 0.25) is 0 Å². The van der Waals surface area contributed by atoms with E-state index in [1.807, 2.05) is 27.7 Å². The predicted molar refractivity (Wildman–Crippen MR) is 176 cm³/mol. The van der Waals surface area contributed by atoms with Gasteiger partial charge in [0.25, 0.3) is 0 Å². The van der Waals surface area contributed by atoms with Crippen LogP contribution < -0.4 is 0 Å². The second-order valence-corrected chi connectivity index (χ2v) is 12.6. The van der Waals surface area contributed by atoms with E-state index in [-0.39, 0.29) is 48.9 Å². The summed E-state index contributed by atoms with van der Waals surface area (Å²) < 4.78 is 0. The van der Waals surface area contributed by atoms with Gasteiger partial charge in [-0.25, -0.2) is 4.98 Å². The third-order valence-corrected chi connectivity index (χ3v) is 8.91. The van der Waals surface area contributed by atoms with Crippen molar-refractivity contribution in [2.45, 2.75) is 92.9 Å². The average Bonchev–Trinajstić information content (AvgIpc) is 2.96. The topological polar surface area (TPSA) is 63.1 Å².